The van der Waals surface area contributed by atoms with Crippen LogP contribution in [0.3, 0.4) is 0 Å². The summed E-state index contributed by atoms with van der Waals surface area (Å²) in [5.74, 6) is 0.788. The Balaban J connectivity index is 1.81. The van der Waals surface area contributed by atoms with Crippen LogP contribution in [0.1, 0.15) is 33.1 Å². The fraction of sp³-hybridized carbons (Fsp3) is 1.00. The number of nitrogens with one attached hydrogen (secondary N) is 1. The second-order valence-corrected chi connectivity index (χ2v) is 5.27. The second-order valence-electron chi connectivity index (χ2n) is 5.27. The molecule has 3 heteroatoms. The van der Waals surface area contributed by atoms with Gasteiger partial charge in [0, 0.05) is 31.8 Å². The van der Waals surface area contributed by atoms with E-state index in [4.69, 9.17) is 4.74 Å². The van der Waals surface area contributed by atoms with Crippen LogP contribution in [0.4, 0.5) is 0 Å². The zero-order chi connectivity index (χ0) is 11.4. The van der Waals surface area contributed by atoms with Gasteiger partial charge in [-0.2, -0.15) is 0 Å². The van der Waals surface area contributed by atoms with Gasteiger partial charge in [0.25, 0.3) is 0 Å². The van der Waals surface area contributed by atoms with Crippen molar-refractivity contribution in [2.24, 2.45) is 5.92 Å². The van der Waals surface area contributed by atoms with Crippen LogP contribution in [0.2, 0.25) is 0 Å². The Bertz CT molecular complexity index is 204. The third-order valence-corrected chi connectivity index (χ3v) is 4.11. The van der Waals surface area contributed by atoms with Gasteiger partial charge in [-0.05, 0) is 38.3 Å². The van der Waals surface area contributed by atoms with Crippen molar-refractivity contribution in [3.63, 3.8) is 0 Å². The number of ether oxygens (including phenoxy) is 1. The number of hydrogen-bond donors (Lipinski definition) is 1. The minimum Gasteiger partial charge on any atom is -0.381 e. The van der Waals surface area contributed by atoms with E-state index in [1.807, 2.05) is 0 Å². The molecular weight excluding hydrogens is 200 g/mol. The third-order valence-electron chi connectivity index (χ3n) is 4.11. The predicted molar refractivity (Wildman–Crippen MR) is 66.7 cm³/mol. The second kappa shape index (κ2) is 5.99. The average molecular weight is 226 g/mol. The van der Waals surface area contributed by atoms with Gasteiger partial charge in [-0.15, -0.1) is 0 Å². The zero-order valence-corrected chi connectivity index (χ0v) is 10.7. The van der Waals surface area contributed by atoms with Crippen molar-refractivity contribution in [1.29, 1.82) is 0 Å². The summed E-state index contributed by atoms with van der Waals surface area (Å²) in [4.78, 5) is 2.70. The summed E-state index contributed by atoms with van der Waals surface area (Å²) in [5.41, 5.74) is 0. The fourth-order valence-electron chi connectivity index (χ4n) is 3.13. The van der Waals surface area contributed by atoms with Crippen LogP contribution in [0.25, 0.3) is 0 Å². The maximum atomic E-state index is 5.44. The highest BCUT2D eigenvalue weighted by Crippen LogP contribution is 2.23. The molecule has 3 nitrogen and oxygen atoms in total. The van der Waals surface area contributed by atoms with Crippen LogP contribution in [0, 0.1) is 5.92 Å². The molecule has 0 aromatic heterocycles. The molecule has 1 N–H and O–H groups in total. The Labute approximate surface area is 99.5 Å². The lowest BCUT2D eigenvalue weighted by atomic mass is 9.91. The van der Waals surface area contributed by atoms with Gasteiger partial charge in [0.15, 0.2) is 0 Å². The minimum absolute atomic E-state index is 0.737. The van der Waals surface area contributed by atoms with Crippen LogP contribution in [0.15, 0.2) is 0 Å². The van der Waals surface area contributed by atoms with Crippen LogP contribution in [0.5, 0.6) is 0 Å². The number of hydrogen-bond acceptors (Lipinski definition) is 3. The van der Waals surface area contributed by atoms with Gasteiger partial charge < -0.3 is 10.1 Å². The standard InChI is InChI=1S/C13H26N2O/c1-3-14-13-4-7-15(10-11(13)2)12-5-8-16-9-6-12/h11-14H,3-10H2,1-2H3. The lowest BCUT2D eigenvalue weighted by Gasteiger charge is -2.42. The van der Waals surface area contributed by atoms with Gasteiger partial charge in [-0.1, -0.05) is 13.8 Å². The summed E-state index contributed by atoms with van der Waals surface area (Å²) in [6.07, 6.45) is 3.78. The van der Waals surface area contributed by atoms with Crippen molar-refractivity contribution in [2.75, 3.05) is 32.8 Å². The molecule has 2 atom stereocenters. The van der Waals surface area contributed by atoms with Gasteiger partial charge in [0.05, 0.1) is 0 Å². The predicted octanol–water partition coefficient (Wildman–Crippen LogP) is 1.49. The van der Waals surface area contributed by atoms with Crippen LogP contribution < -0.4 is 5.32 Å². The molecule has 0 amide bonds. The molecule has 2 aliphatic heterocycles. The van der Waals surface area contributed by atoms with E-state index in [2.05, 4.69) is 24.1 Å². The molecule has 0 saturated carbocycles. The van der Waals surface area contributed by atoms with Gasteiger partial charge in [-0.3, -0.25) is 4.90 Å². The van der Waals surface area contributed by atoms with Crippen LogP contribution >= 0.6 is 0 Å². The van der Waals surface area contributed by atoms with Gasteiger partial charge in [-0.25, -0.2) is 0 Å². The van der Waals surface area contributed by atoms with Crippen molar-refractivity contribution in [3.05, 3.63) is 0 Å². The molecule has 0 bridgehead atoms. The molecule has 0 aromatic rings. The Kier molecular flexibility index (Phi) is 4.62. The number of likely N-dealkylation sites (tertiary alicyclic amines) is 1. The monoisotopic (exact) mass is 226 g/mol. The molecule has 2 aliphatic rings. The topological polar surface area (TPSA) is 24.5 Å². The molecule has 2 saturated heterocycles. The first-order chi connectivity index (χ1) is 7.81. The largest absolute Gasteiger partial charge is 0.381 e. The fourth-order valence-corrected chi connectivity index (χ4v) is 3.13. The Hall–Kier alpha value is -0.120. The van der Waals surface area contributed by atoms with E-state index in [1.54, 1.807) is 0 Å². The van der Waals surface area contributed by atoms with Gasteiger partial charge in [0.1, 0.15) is 0 Å². The third kappa shape index (κ3) is 2.96. The summed E-state index contributed by atoms with van der Waals surface area (Å²) >= 11 is 0. The van der Waals surface area contributed by atoms with Crippen LogP contribution in [-0.2, 0) is 4.74 Å². The molecule has 16 heavy (non-hydrogen) atoms. The summed E-state index contributed by atoms with van der Waals surface area (Å²) in [5, 5.41) is 3.61. The van der Waals surface area contributed by atoms with E-state index in [0.717, 1.165) is 37.8 Å². The SMILES string of the molecule is CCNC1CCN(C2CCOCC2)CC1C. The molecule has 0 aliphatic carbocycles. The highest BCUT2D eigenvalue weighted by molar-refractivity contribution is 4.86. The zero-order valence-electron chi connectivity index (χ0n) is 10.7. The summed E-state index contributed by atoms with van der Waals surface area (Å²) in [7, 11) is 0. The number of rotatable bonds is 3. The Morgan fingerprint density at radius 3 is 2.62 bits per heavy atom. The van der Waals surface area contributed by atoms with E-state index >= 15 is 0 Å². The summed E-state index contributed by atoms with van der Waals surface area (Å²) < 4.78 is 5.44. The van der Waals surface area contributed by atoms with Crippen molar-refractivity contribution in [1.82, 2.24) is 10.2 Å². The lowest BCUT2D eigenvalue weighted by molar-refractivity contribution is 0.0136. The van der Waals surface area contributed by atoms with E-state index in [9.17, 15) is 0 Å². The molecule has 2 rings (SSSR count). The lowest BCUT2D eigenvalue weighted by Crippen LogP contribution is -2.52. The molecule has 2 heterocycles. The van der Waals surface area contributed by atoms with Crippen molar-refractivity contribution >= 4 is 0 Å². The molecule has 0 spiro atoms. The molecular formula is C13H26N2O. The Morgan fingerprint density at radius 2 is 2.00 bits per heavy atom. The smallest absolute Gasteiger partial charge is 0.0480 e. The number of piperidine rings is 1. The van der Waals surface area contributed by atoms with E-state index < -0.39 is 0 Å². The first-order valence-corrected chi connectivity index (χ1v) is 6.86. The van der Waals surface area contributed by atoms with Gasteiger partial charge >= 0.3 is 0 Å². The van der Waals surface area contributed by atoms with E-state index in [0.29, 0.717) is 0 Å². The van der Waals surface area contributed by atoms with Crippen molar-refractivity contribution in [2.45, 2.75) is 45.2 Å². The van der Waals surface area contributed by atoms with Crippen molar-refractivity contribution in [3.8, 4) is 0 Å². The van der Waals surface area contributed by atoms with Crippen molar-refractivity contribution < 1.29 is 4.74 Å². The van der Waals surface area contributed by atoms with E-state index in [1.165, 1.54) is 32.4 Å². The highest BCUT2D eigenvalue weighted by atomic mass is 16.5. The maximum Gasteiger partial charge on any atom is 0.0480 e. The average Bonchev–Trinajstić information content (AvgIpc) is 2.33. The molecule has 94 valence electrons. The van der Waals surface area contributed by atoms with Gasteiger partial charge in [0.2, 0.25) is 0 Å². The normalized spacial score (nSPS) is 34.1. The summed E-state index contributed by atoms with van der Waals surface area (Å²) in [6, 6.07) is 1.53. The van der Waals surface area contributed by atoms with Crippen LogP contribution in [-0.4, -0.2) is 49.8 Å². The molecule has 2 fully saturated rings. The molecule has 0 radical (unpaired) electrons. The van der Waals surface area contributed by atoms with E-state index in [-0.39, 0.29) is 0 Å². The highest BCUT2D eigenvalue weighted by Gasteiger charge is 2.30. The quantitative estimate of drug-likeness (QED) is 0.789. The number of nitrogens with zero attached hydrogens (tertiary/aromatic N) is 1. The Morgan fingerprint density at radius 1 is 1.25 bits per heavy atom. The first-order valence-electron chi connectivity index (χ1n) is 6.86. The molecule has 2 unspecified atom stereocenters. The first kappa shape index (κ1) is 12.3. The maximum absolute atomic E-state index is 5.44. The minimum atomic E-state index is 0.737. The molecule has 0 aromatic carbocycles. The summed E-state index contributed by atoms with van der Waals surface area (Å²) in [6.45, 7) is 10.2.